The summed E-state index contributed by atoms with van der Waals surface area (Å²) in [6.45, 7) is 2.18. The molecule has 2 amide bonds. The molecule has 1 aromatic carbocycles. The van der Waals surface area contributed by atoms with Crippen LogP contribution in [0.15, 0.2) is 30.3 Å². The van der Waals surface area contributed by atoms with Crippen molar-refractivity contribution in [2.24, 2.45) is 17.6 Å². The molecular formula is C22H33N3O2. The van der Waals surface area contributed by atoms with E-state index in [-0.39, 0.29) is 17.9 Å². The topological polar surface area (TPSA) is 75.4 Å². The molecule has 5 nitrogen and oxygen atoms in total. The van der Waals surface area contributed by atoms with Crippen molar-refractivity contribution in [1.29, 1.82) is 0 Å². The van der Waals surface area contributed by atoms with Crippen molar-refractivity contribution in [1.82, 2.24) is 10.2 Å². The molecular weight excluding hydrogens is 338 g/mol. The average molecular weight is 372 g/mol. The molecule has 3 rings (SSSR count). The van der Waals surface area contributed by atoms with Crippen LogP contribution in [0.25, 0.3) is 0 Å². The highest BCUT2D eigenvalue weighted by Crippen LogP contribution is 2.34. The highest BCUT2D eigenvalue weighted by atomic mass is 16.2. The molecule has 0 spiro atoms. The first-order chi connectivity index (χ1) is 13.1. The fourth-order valence-corrected chi connectivity index (χ4v) is 4.66. The Morgan fingerprint density at radius 2 is 1.70 bits per heavy atom. The van der Waals surface area contributed by atoms with Gasteiger partial charge < -0.3 is 11.1 Å². The van der Waals surface area contributed by atoms with E-state index in [9.17, 15) is 9.59 Å². The van der Waals surface area contributed by atoms with Gasteiger partial charge in [-0.15, -0.1) is 0 Å². The van der Waals surface area contributed by atoms with E-state index in [2.05, 4.69) is 34.5 Å². The van der Waals surface area contributed by atoms with E-state index < -0.39 is 0 Å². The van der Waals surface area contributed by atoms with Gasteiger partial charge in [-0.2, -0.15) is 0 Å². The lowest BCUT2D eigenvalue weighted by Crippen LogP contribution is -2.44. The van der Waals surface area contributed by atoms with Gasteiger partial charge in [0.25, 0.3) is 0 Å². The van der Waals surface area contributed by atoms with E-state index in [1.54, 1.807) is 0 Å². The molecule has 1 saturated heterocycles. The predicted octanol–water partition coefficient (Wildman–Crippen LogP) is 3.01. The quantitative estimate of drug-likeness (QED) is 0.774. The molecule has 1 aromatic rings. The zero-order valence-electron chi connectivity index (χ0n) is 16.2. The highest BCUT2D eigenvalue weighted by molar-refractivity contribution is 5.78. The van der Waals surface area contributed by atoms with Crippen LogP contribution < -0.4 is 11.1 Å². The van der Waals surface area contributed by atoms with Crippen LogP contribution in [0.4, 0.5) is 0 Å². The molecule has 2 aliphatic rings. The first-order valence-corrected chi connectivity index (χ1v) is 10.5. The number of nitrogens with zero attached hydrogens (tertiary/aromatic N) is 1. The first kappa shape index (κ1) is 19.9. The number of nitrogens with one attached hydrogen (secondary N) is 1. The summed E-state index contributed by atoms with van der Waals surface area (Å²) in [7, 11) is 0. The summed E-state index contributed by atoms with van der Waals surface area (Å²) in [4.78, 5) is 26.1. The van der Waals surface area contributed by atoms with Gasteiger partial charge in [-0.25, -0.2) is 0 Å². The molecule has 1 aliphatic heterocycles. The Hall–Kier alpha value is -1.88. The molecule has 1 atom stereocenters. The Labute approximate surface area is 162 Å². The summed E-state index contributed by atoms with van der Waals surface area (Å²) in [5.74, 6) is 0.805. The normalized spacial score (nSPS) is 20.9. The molecule has 1 heterocycles. The van der Waals surface area contributed by atoms with Crippen LogP contribution in [0.5, 0.6) is 0 Å². The third-order valence-electron chi connectivity index (χ3n) is 6.16. The van der Waals surface area contributed by atoms with Crippen LogP contribution in [0.3, 0.4) is 0 Å². The van der Waals surface area contributed by atoms with E-state index in [1.165, 1.54) is 37.7 Å². The minimum Gasteiger partial charge on any atom is -0.370 e. The molecule has 0 bridgehead atoms. The number of hydrogen-bond acceptors (Lipinski definition) is 3. The molecule has 0 aromatic heterocycles. The fourth-order valence-electron chi connectivity index (χ4n) is 4.66. The van der Waals surface area contributed by atoms with Crippen LogP contribution >= 0.6 is 0 Å². The molecule has 27 heavy (non-hydrogen) atoms. The highest BCUT2D eigenvalue weighted by Gasteiger charge is 2.28. The lowest BCUT2D eigenvalue weighted by molar-refractivity contribution is -0.124. The Balaban J connectivity index is 1.54. The lowest BCUT2D eigenvalue weighted by Gasteiger charge is -2.34. The second kappa shape index (κ2) is 9.88. The second-order valence-corrected chi connectivity index (χ2v) is 8.24. The fraction of sp³-hybridized carbons (Fsp3) is 0.636. The molecule has 2 fully saturated rings. The van der Waals surface area contributed by atoms with Crippen molar-refractivity contribution in [3.63, 3.8) is 0 Å². The maximum atomic E-state index is 12.8. The number of piperidine rings is 1. The van der Waals surface area contributed by atoms with E-state index in [4.69, 9.17) is 5.73 Å². The zero-order valence-corrected chi connectivity index (χ0v) is 16.2. The Kier molecular flexibility index (Phi) is 7.27. The van der Waals surface area contributed by atoms with Crippen LogP contribution in [-0.4, -0.2) is 36.3 Å². The summed E-state index contributed by atoms with van der Waals surface area (Å²) < 4.78 is 0. The van der Waals surface area contributed by atoms with Gasteiger partial charge >= 0.3 is 0 Å². The van der Waals surface area contributed by atoms with E-state index in [0.29, 0.717) is 24.8 Å². The van der Waals surface area contributed by atoms with Crippen molar-refractivity contribution in [2.45, 2.75) is 57.4 Å². The maximum absolute atomic E-state index is 12.8. The van der Waals surface area contributed by atoms with Crippen LogP contribution in [0, 0.1) is 11.8 Å². The van der Waals surface area contributed by atoms with Gasteiger partial charge in [0.05, 0.1) is 12.6 Å². The van der Waals surface area contributed by atoms with Gasteiger partial charge in [-0.3, -0.25) is 14.5 Å². The van der Waals surface area contributed by atoms with Crippen molar-refractivity contribution < 1.29 is 9.59 Å². The van der Waals surface area contributed by atoms with E-state index in [1.807, 2.05) is 6.07 Å². The van der Waals surface area contributed by atoms with Gasteiger partial charge in [0.2, 0.25) is 11.8 Å². The van der Waals surface area contributed by atoms with Crippen molar-refractivity contribution in [2.75, 3.05) is 19.6 Å². The number of amides is 2. The number of primary amides is 1. The third-order valence-corrected chi connectivity index (χ3v) is 6.16. The maximum Gasteiger partial charge on any atom is 0.234 e. The smallest absolute Gasteiger partial charge is 0.234 e. The summed E-state index contributed by atoms with van der Waals surface area (Å²) in [6, 6.07) is 10.5. The number of hydrogen-bond donors (Lipinski definition) is 2. The number of carbonyl (C=O) groups is 2. The van der Waals surface area contributed by atoms with Gasteiger partial charge in [0.15, 0.2) is 0 Å². The summed E-state index contributed by atoms with van der Waals surface area (Å²) in [5.41, 5.74) is 6.52. The lowest BCUT2D eigenvalue weighted by atomic mass is 9.81. The van der Waals surface area contributed by atoms with E-state index >= 15 is 0 Å². The summed E-state index contributed by atoms with van der Waals surface area (Å²) in [5, 5.41) is 3.34. The Morgan fingerprint density at radius 3 is 2.33 bits per heavy atom. The number of nitrogens with two attached hydrogens (primary N) is 1. The van der Waals surface area contributed by atoms with E-state index in [0.717, 1.165) is 25.9 Å². The van der Waals surface area contributed by atoms with Gasteiger partial charge in [0, 0.05) is 6.42 Å². The molecule has 5 heteroatoms. The average Bonchev–Trinajstić information content (AvgIpc) is 2.69. The van der Waals surface area contributed by atoms with Crippen LogP contribution in [0.2, 0.25) is 0 Å². The van der Waals surface area contributed by atoms with Crippen molar-refractivity contribution >= 4 is 11.8 Å². The summed E-state index contributed by atoms with van der Waals surface area (Å²) in [6.07, 6.45) is 8.58. The minimum atomic E-state index is -0.218. The zero-order chi connectivity index (χ0) is 19.1. The minimum absolute atomic E-state index is 0.114. The molecule has 0 radical (unpaired) electrons. The molecule has 148 valence electrons. The Morgan fingerprint density at radius 1 is 1.04 bits per heavy atom. The number of carbonyl (C=O) groups excluding carboxylic acids is 2. The third kappa shape index (κ3) is 6.06. The first-order valence-electron chi connectivity index (χ1n) is 10.5. The largest absolute Gasteiger partial charge is 0.370 e. The molecule has 3 N–H and O–H groups in total. The van der Waals surface area contributed by atoms with Crippen molar-refractivity contribution in [3.8, 4) is 0 Å². The predicted molar refractivity (Wildman–Crippen MR) is 107 cm³/mol. The number of likely N-dealkylation sites (tertiary alicyclic amines) is 1. The van der Waals surface area contributed by atoms with Crippen LogP contribution in [0.1, 0.15) is 63.0 Å². The SMILES string of the molecule is NC(=O)CC1CCN(CC(=O)NC(c2ccccc2)C2CCCCC2)CC1. The molecule has 1 saturated carbocycles. The van der Waals surface area contributed by atoms with Gasteiger partial charge in [0.1, 0.15) is 0 Å². The second-order valence-electron chi connectivity index (χ2n) is 8.24. The summed E-state index contributed by atoms with van der Waals surface area (Å²) >= 11 is 0. The van der Waals surface area contributed by atoms with Crippen molar-refractivity contribution in [3.05, 3.63) is 35.9 Å². The number of rotatable bonds is 7. The molecule has 1 aliphatic carbocycles. The van der Waals surface area contributed by atoms with Crippen LogP contribution in [-0.2, 0) is 9.59 Å². The Bertz CT molecular complexity index is 605. The standard InChI is InChI=1S/C22H33N3O2/c23-20(26)15-17-11-13-25(14-12-17)16-21(27)24-22(18-7-3-1-4-8-18)19-9-5-2-6-10-19/h1,3-4,7-8,17,19,22H,2,5-6,9-16H2,(H2,23,26)(H,24,27). The van der Waals surface area contributed by atoms with Gasteiger partial charge in [-0.1, -0.05) is 49.6 Å². The monoisotopic (exact) mass is 371 g/mol. The number of benzene rings is 1. The van der Waals surface area contributed by atoms with Gasteiger partial charge in [-0.05, 0) is 56.2 Å². The molecule has 1 unspecified atom stereocenters.